The number of halogens is 3. The fourth-order valence-corrected chi connectivity index (χ4v) is 5.91. The van der Waals surface area contributed by atoms with Gasteiger partial charge in [0.25, 0.3) is 0 Å². The van der Waals surface area contributed by atoms with E-state index in [4.69, 9.17) is 16.2 Å². The minimum atomic E-state index is -4.24. The summed E-state index contributed by atoms with van der Waals surface area (Å²) >= 11 is 0. The molecule has 0 aromatic carbocycles. The fraction of sp³-hybridized carbons (Fsp3) is 0.667. The average Bonchev–Trinajstić information content (AvgIpc) is 3.51. The van der Waals surface area contributed by atoms with Crippen molar-refractivity contribution < 1.29 is 17.9 Å². The molecule has 0 radical (unpaired) electrons. The Morgan fingerprint density at radius 1 is 1.16 bits per heavy atom. The summed E-state index contributed by atoms with van der Waals surface area (Å²) in [5, 5.41) is 4.33. The second kappa shape index (κ2) is 6.11. The summed E-state index contributed by atoms with van der Waals surface area (Å²) in [4.78, 5) is 9.01. The standard InChI is InChI=1S/C21H25F3N6O/c22-21(23,24)20-9-19(20,10-20)16-15(25)17(26)29-18(28-16)12-3-6-31-14(8-12)11-2-5-30-13(7-11)1-4-27-30/h1,4,11-12,14H,2-3,5-10,25H2,(H2,26,28,29). The second-order valence-electron chi connectivity index (χ2n) is 9.67. The molecule has 4 aliphatic rings. The molecule has 3 unspecified atom stereocenters. The molecule has 6 rings (SSSR count). The fourth-order valence-electron chi connectivity index (χ4n) is 5.91. The Balaban J connectivity index is 1.25. The Morgan fingerprint density at radius 3 is 2.71 bits per heavy atom. The molecule has 1 saturated heterocycles. The van der Waals surface area contributed by atoms with Crippen molar-refractivity contribution in [1.82, 2.24) is 19.7 Å². The van der Waals surface area contributed by atoms with Gasteiger partial charge in [-0.05, 0) is 50.5 Å². The zero-order valence-electron chi connectivity index (χ0n) is 17.0. The van der Waals surface area contributed by atoms with Crippen LogP contribution in [0.3, 0.4) is 0 Å². The monoisotopic (exact) mass is 434 g/mol. The van der Waals surface area contributed by atoms with Crippen LogP contribution >= 0.6 is 0 Å². The van der Waals surface area contributed by atoms with E-state index in [9.17, 15) is 13.2 Å². The SMILES string of the molecule is Nc1nc(C2CCOC(C3CCn4nccc4C3)C2)nc(C23CC2(C(F)(F)F)C3)c1N. The number of rotatable bonds is 3. The first-order valence-electron chi connectivity index (χ1n) is 10.9. The van der Waals surface area contributed by atoms with Gasteiger partial charge < -0.3 is 16.2 Å². The topological polar surface area (TPSA) is 105 Å². The third-order valence-electron chi connectivity index (χ3n) is 8.06. The number of anilines is 2. The van der Waals surface area contributed by atoms with Crippen molar-refractivity contribution in [3.63, 3.8) is 0 Å². The number of hydrogen-bond acceptors (Lipinski definition) is 6. The number of aromatic nitrogens is 4. The molecule has 2 aliphatic carbocycles. The van der Waals surface area contributed by atoms with E-state index in [1.165, 1.54) is 5.69 Å². The smallest absolute Gasteiger partial charge is 0.394 e. The maximum atomic E-state index is 13.5. The lowest BCUT2D eigenvalue weighted by Gasteiger charge is -2.36. The molecule has 0 amide bonds. The first-order valence-corrected chi connectivity index (χ1v) is 10.9. The number of nitrogen functional groups attached to an aromatic ring is 2. The summed E-state index contributed by atoms with van der Waals surface area (Å²) < 4.78 is 48.6. The van der Waals surface area contributed by atoms with Gasteiger partial charge in [-0.25, -0.2) is 9.97 Å². The Bertz CT molecular complexity index is 1040. The third kappa shape index (κ3) is 2.66. The van der Waals surface area contributed by atoms with E-state index in [0.717, 1.165) is 32.2 Å². The molecule has 31 heavy (non-hydrogen) atoms. The maximum absolute atomic E-state index is 13.5. The van der Waals surface area contributed by atoms with E-state index >= 15 is 0 Å². The van der Waals surface area contributed by atoms with E-state index in [-0.39, 0.29) is 36.4 Å². The van der Waals surface area contributed by atoms with Crippen molar-refractivity contribution >= 4 is 11.5 Å². The van der Waals surface area contributed by atoms with Gasteiger partial charge >= 0.3 is 6.18 Å². The van der Waals surface area contributed by atoms with Crippen LogP contribution in [0.15, 0.2) is 12.3 Å². The summed E-state index contributed by atoms with van der Waals surface area (Å²) in [6, 6.07) is 2.04. The van der Waals surface area contributed by atoms with Gasteiger partial charge in [0.1, 0.15) is 5.82 Å². The molecule has 4 N–H and O–H groups in total. The molecule has 3 fully saturated rings. The molecule has 3 atom stereocenters. The molecule has 7 nitrogen and oxygen atoms in total. The van der Waals surface area contributed by atoms with Crippen LogP contribution in [0.2, 0.25) is 0 Å². The largest absolute Gasteiger partial charge is 0.395 e. The van der Waals surface area contributed by atoms with Crippen LogP contribution in [0.5, 0.6) is 0 Å². The predicted octanol–water partition coefficient (Wildman–Crippen LogP) is 2.96. The maximum Gasteiger partial charge on any atom is 0.395 e. The lowest BCUT2D eigenvalue weighted by atomic mass is 9.83. The van der Waals surface area contributed by atoms with Crippen molar-refractivity contribution in [1.29, 1.82) is 0 Å². The molecule has 0 spiro atoms. The molecule has 0 bridgehead atoms. The highest BCUT2D eigenvalue weighted by molar-refractivity contribution is 5.68. The van der Waals surface area contributed by atoms with Gasteiger partial charge in [0.2, 0.25) is 0 Å². The summed E-state index contributed by atoms with van der Waals surface area (Å²) in [5.41, 5.74) is 11.1. The summed E-state index contributed by atoms with van der Waals surface area (Å²) in [6.07, 6.45) is 1.10. The van der Waals surface area contributed by atoms with Crippen LogP contribution in [0, 0.1) is 11.3 Å². The summed E-state index contributed by atoms with van der Waals surface area (Å²) in [7, 11) is 0. The third-order valence-corrected chi connectivity index (χ3v) is 8.06. The number of aryl methyl sites for hydroxylation is 1. The van der Waals surface area contributed by atoms with E-state index in [2.05, 4.69) is 15.1 Å². The lowest BCUT2D eigenvalue weighted by Crippen LogP contribution is -2.36. The van der Waals surface area contributed by atoms with Gasteiger partial charge in [0, 0.05) is 36.4 Å². The van der Waals surface area contributed by atoms with Gasteiger partial charge in [0.15, 0.2) is 5.82 Å². The predicted molar refractivity (Wildman–Crippen MR) is 106 cm³/mol. The molecule has 2 aromatic rings. The van der Waals surface area contributed by atoms with Gasteiger partial charge in [-0.1, -0.05) is 0 Å². The lowest BCUT2D eigenvalue weighted by molar-refractivity contribution is -0.167. The van der Waals surface area contributed by atoms with Crippen LogP contribution in [0.4, 0.5) is 24.7 Å². The molecule has 4 heterocycles. The van der Waals surface area contributed by atoms with Gasteiger partial charge in [0.05, 0.1) is 22.9 Å². The number of nitrogens with zero attached hydrogens (tertiary/aromatic N) is 4. The Morgan fingerprint density at radius 2 is 1.97 bits per heavy atom. The van der Waals surface area contributed by atoms with Gasteiger partial charge in [-0.15, -0.1) is 0 Å². The van der Waals surface area contributed by atoms with E-state index in [0.29, 0.717) is 24.0 Å². The van der Waals surface area contributed by atoms with E-state index in [1.807, 2.05) is 16.9 Å². The van der Waals surface area contributed by atoms with E-state index < -0.39 is 17.0 Å². The number of hydrogen-bond donors (Lipinski definition) is 2. The highest BCUT2D eigenvalue weighted by Crippen LogP contribution is 2.91. The van der Waals surface area contributed by atoms with Crippen LogP contribution in [0.1, 0.15) is 55.2 Å². The quantitative estimate of drug-likeness (QED) is 0.770. The second-order valence-corrected chi connectivity index (χ2v) is 9.67. The number of fused-ring (bicyclic) bond motifs is 2. The Kier molecular flexibility index (Phi) is 3.81. The molecular formula is C21H25F3N6O. The minimum Gasteiger partial charge on any atom is -0.394 e. The molecule has 2 aromatic heterocycles. The Labute approximate surface area is 177 Å². The number of nitrogens with two attached hydrogens (primary N) is 2. The van der Waals surface area contributed by atoms with Gasteiger partial charge in [-0.2, -0.15) is 18.3 Å². The van der Waals surface area contributed by atoms with Crippen LogP contribution < -0.4 is 11.5 Å². The van der Waals surface area contributed by atoms with Crippen LogP contribution in [-0.2, 0) is 23.1 Å². The van der Waals surface area contributed by atoms with Crippen molar-refractivity contribution in [3.05, 3.63) is 29.5 Å². The summed E-state index contributed by atoms with van der Waals surface area (Å²) in [5.74, 6) is 0.983. The first kappa shape index (κ1) is 19.3. The van der Waals surface area contributed by atoms with E-state index in [1.54, 1.807) is 0 Å². The zero-order valence-corrected chi connectivity index (χ0v) is 17.0. The molecular weight excluding hydrogens is 409 g/mol. The van der Waals surface area contributed by atoms with Crippen LogP contribution in [-0.4, -0.2) is 38.6 Å². The minimum absolute atomic E-state index is 0.00132. The summed E-state index contributed by atoms with van der Waals surface area (Å²) in [6.45, 7) is 1.45. The van der Waals surface area contributed by atoms with Gasteiger partial charge in [-0.3, -0.25) is 4.68 Å². The normalized spacial score (nSPS) is 36.5. The highest BCUT2D eigenvalue weighted by atomic mass is 19.4. The first-order chi connectivity index (χ1) is 14.7. The molecule has 10 heteroatoms. The molecule has 2 saturated carbocycles. The van der Waals surface area contributed by atoms with Crippen molar-refractivity contribution in [2.24, 2.45) is 11.3 Å². The number of alkyl halides is 3. The highest BCUT2D eigenvalue weighted by Gasteiger charge is 2.94. The van der Waals surface area contributed by atoms with Crippen molar-refractivity contribution in [3.8, 4) is 0 Å². The van der Waals surface area contributed by atoms with Crippen molar-refractivity contribution in [2.75, 3.05) is 18.1 Å². The zero-order chi connectivity index (χ0) is 21.6. The molecule has 166 valence electrons. The van der Waals surface area contributed by atoms with Crippen molar-refractivity contribution in [2.45, 2.75) is 68.7 Å². The average molecular weight is 434 g/mol. The number of ether oxygens (including phenoxy) is 1. The van der Waals surface area contributed by atoms with Crippen LogP contribution in [0.25, 0.3) is 0 Å². The Hall–Kier alpha value is -2.36. The molecule has 2 aliphatic heterocycles.